The second-order valence-corrected chi connectivity index (χ2v) is 10.9. The summed E-state index contributed by atoms with van der Waals surface area (Å²) in [6.45, 7) is 1.35. The van der Waals surface area contributed by atoms with E-state index in [0.29, 0.717) is 17.4 Å². The second kappa shape index (κ2) is 10.9. The Morgan fingerprint density at radius 2 is 1.78 bits per heavy atom. The molecule has 0 bridgehead atoms. The molecular weight excluding hydrogens is 446 g/mol. The maximum absolute atomic E-state index is 13.1. The van der Waals surface area contributed by atoms with Crippen LogP contribution < -0.4 is 9.64 Å². The molecule has 172 valence electrons. The number of benzene rings is 2. The minimum Gasteiger partial charge on any atom is -0.494 e. The Bertz CT molecular complexity index is 1140. The Balaban J connectivity index is 1.74. The SMILES string of the molecule is COc1cccc2sc(N(CCCN(C)C)C(=O)CCCS(=O)(=O)c3ccccc3)nc12. The maximum Gasteiger partial charge on any atom is 0.228 e. The van der Waals surface area contributed by atoms with E-state index in [1.54, 1.807) is 42.3 Å². The number of hydrogen-bond donors (Lipinski definition) is 0. The predicted octanol–water partition coefficient (Wildman–Crippen LogP) is 3.84. The van der Waals surface area contributed by atoms with Gasteiger partial charge in [-0.2, -0.15) is 0 Å². The number of aromatic nitrogens is 1. The molecule has 3 rings (SSSR count). The molecule has 9 heteroatoms. The van der Waals surface area contributed by atoms with E-state index in [1.165, 1.54) is 11.3 Å². The van der Waals surface area contributed by atoms with Crippen LogP contribution in [0.1, 0.15) is 19.3 Å². The summed E-state index contributed by atoms with van der Waals surface area (Å²) in [5, 5.41) is 0.610. The van der Waals surface area contributed by atoms with Crippen LogP contribution in [0.2, 0.25) is 0 Å². The van der Waals surface area contributed by atoms with Crippen LogP contribution in [0.3, 0.4) is 0 Å². The molecule has 0 fully saturated rings. The standard InChI is InChI=1S/C23H29N3O4S2/c1-25(2)15-9-16-26(23-24-22-19(30-3)12-7-13-20(22)31-23)21(27)14-8-17-32(28,29)18-10-5-4-6-11-18/h4-7,10-13H,8-9,14-17H2,1-3H3. The molecule has 0 unspecified atom stereocenters. The molecule has 1 aromatic heterocycles. The summed E-state index contributed by atoms with van der Waals surface area (Å²) in [6, 6.07) is 14.0. The summed E-state index contributed by atoms with van der Waals surface area (Å²) in [7, 11) is 2.17. The number of anilines is 1. The van der Waals surface area contributed by atoms with Crippen molar-refractivity contribution in [3.63, 3.8) is 0 Å². The quantitative estimate of drug-likeness (QED) is 0.419. The van der Waals surface area contributed by atoms with Gasteiger partial charge in [0.15, 0.2) is 15.0 Å². The first-order valence-corrected chi connectivity index (χ1v) is 12.9. The van der Waals surface area contributed by atoms with E-state index in [-0.39, 0.29) is 29.4 Å². The summed E-state index contributed by atoms with van der Waals surface area (Å²) in [5.74, 6) is 0.479. The number of carbonyl (C=O) groups is 1. The first-order chi connectivity index (χ1) is 15.3. The van der Waals surface area contributed by atoms with Gasteiger partial charge in [0.25, 0.3) is 0 Å². The van der Waals surface area contributed by atoms with Crippen molar-refractivity contribution < 1.29 is 17.9 Å². The molecule has 0 N–H and O–H groups in total. The third-order valence-electron chi connectivity index (χ3n) is 5.02. The second-order valence-electron chi connectivity index (χ2n) is 7.74. The van der Waals surface area contributed by atoms with E-state index < -0.39 is 9.84 Å². The number of carbonyl (C=O) groups excluding carboxylic acids is 1. The van der Waals surface area contributed by atoms with Crippen molar-refractivity contribution in [3.05, 3.63) is 48.5 Å². The Morgan fingerprint density at radius 3 is 2.47 bits per heavy atom. The fourth-order valence-corrected chi connectivity index (χ4v) is 5.72. The monoisotopic (exact) mass is 475 g/mol. The fraction of sp³-hybridized carbons (Fsp3) is 0.391. The summed E-state index contributed by atoms with van der Waals surface area (Å²) in [4.78, 5) is 21.8. The molecule has 3 aromatic rings. The Morgan fingerprint density at radius 1 is 1.03 bits per heavy atom. The zero-order chi connectivity index (χ0) is 23.1. The van der Waals surface area contributed by atoms with Gasteiger partial charge in [-0.25, -0.2) is 13.4 Å². The molecule has 0 aliphatic rings. The Labute approximate surface area is 193 Å². The minimum atomic E-state index is -3.41. The lowest BCUT2D eigenvalue weighted by Gasteiger charge is -2.21. The molecule has 0 saturated heterocycles. The van der Waals surface area contributed by atoms with Gasteiger partial charge >= 0.3 is 0 Å². The molecule has 0 aliphatic carbocycles. The van der Waals surface area contributed by atoms with Crippen LogP contribution in [0.5, 0.6) is 5.75 Å². The van der Waals surface area contributed by atoms with Crippen LogP contribution in [-0.4, -0.2) is 64.3 Å². The van der Waals surface area contributed by atoms with E-state index in [2.05, 4.69) is 9.88 Å². The topological polar surface area (TPSA) is 79.8 Å². The van der Waals surface area contributed by atoms with Gasteiger partial charge in [-0.15, -0.1) is 0 Å². The van der Waals surface area contributed by atoms with Crippen LogP contribution in [0.4, 0.5) is 5.13 Å². The summed E-state index contributed by atoms with van der Waals surface area (Å²) in [5.41, 5.74) is 0.729. The van der Waals surface area contributed by atoms with Gasteiger partial charge < -0.3 is 9.64 Å². The average Bonchev–Trinajstić information content (AvgIpc) is 3.21. The number of thiazole rings is 1. The largest absolute Gasteiger partial charge is 0.494 e. The molecule has 0 saturated carbocycles. The Hall–Kier alpha value is -2.49. The van der Waals surface area contributed by atoms with Crippen molar-refractivity contribution >= 4 is 42.4 Å². The third kappa shape index (κ3) is 6.05. The van der Waals surface area contributed by atoms with Crippen molar-refractivity contribution in [1.82, 2.24) is 9.88 Å². The summed E-state index contributed by atoms with van der Waals surface area (Å²) < 4.78 is 31.4. The number of nitrogens with zero attached hydrogens (tertiary/aromatic N) is 3. The zero-order valence-corrected chi connectivity index (χ0v) is 20.3. The van der Waals surface area contributed by atoms with Gasteiger partial charge in [-0.05, 0) is 57.7 Å². The molecule has 1 amide bonds. The number of amides is 1. The third-order valence-corrected chi connectivity index (χ3v) is 7.88. The van der Waals surface area contributed by atoms with Gasteiger partial charge in [-0.1, -0.05) is 35.6 Å². The number of fused-ring (bicyclic) bond motifs is 1. The number of rotatable bonds is 11. The Kier molecular flexibility index (Phi) is 8.22. The zero-order valence-electron chi connectivity index (χ0n) is 18.7. The van der Waals surface area contributed by atoms with E-state index in [0.717, 1.165) is 23.2 Å². The number of methoxy groups -OCH3 is 1. The van der Waals surface area contributed by atoms with E-state index in [1.807, 2.05) is 32.3 Å². The van der Waals surface area contributed by atoms with Crippen molar-refractivity contribution in [2.75, 3.05) is 44.9 Å². The highest BCUT2D eigenvalue weighted by atomic mass is 32.2. The van der Waals surface area contributed by atoms with E-state index >= 15 is 0 Å². The average molecular weight is 476 g/mol. The normalized spacial score (nSPS) is 11.8. The number of para-hydroxylation sites is 1. The molecule has 2 aromatic carbocycles. The predicted molar refractivity (Wildman–Crippen MR) is 129 cm³/mol. The van der Waals surface area contributed by atoms with Gasteiger partial charge in [0.05, 0.1) is 22.5 Å². The van der Waals surface area contributed by atoms with E-state index in [9.17, 15) is 13.2 Å². The highest BCUT2D eigenvalue weighted by Gasteiger charge is 2.22. The van der Waals surface area contributed by atoms with Gasteiger partial charge in [-0.3, -0.25) is 9.69 Å². The van der Waals surface area contributed by atoms with Crippen LogP contribution in [0.25, 0.3) is 10.2 Å². The van der Waals surface area contributed by atoms with Crippen LogP contribution in [0.15, 0.2) is 53.4 Å². The van der Waals surface area contributed by atoms with Gasteiger partial charge in [0, 0.05) is 13.0 Å². The summed E-state index contributed by atoms with van der Waals surface area (Å²) in [6.07, 6.45) is 1.18. The van der Waals surface area contributed by atoms with Crippen molar-refractivity contribution in [2.45, 2.75) is 24.2 Å². The first kappa shape index (κ1) is 24.2. The lowest BCUT2D eigenvalue weighted by atomic mass is 10.3. The first-order valence-electron chi connectivity index (χ1n) is 10.5. The highest BCUT2D eigenvalue weighted by Crippen LogP contribution is 2.34. The van der Waals surface area contributed by atoms with Crippen LogP contribution >= 0.6 is 11.3 Å². The van der Waals surface area contributed by atoms with E-state index in [4.69, 9.17) is 4.74 Å². The van der Waals surface area contributed by atoms with Crippen LogP contribution in [-0.2, 0) is 14.6 Å². The highest BCUT2D eigenvalue weighted by molar-refractivity contribution is 7.91. The minimum absolute atomic E-state index is 0.0675. The number of ether oxygens (including phenoxy) is 1. The smallest absolute Gasteiger partial charge is 0.228 e. The van der Waals surface area contributed by atoms with Gasteiger partial charge in [0.1, 0.15) is 11.3 Å². The molecule has 32 heavy (non-hydrogen) atoms. The molecule has 0 aliphatic heterocycles. The maximum atomic E-state index is 13.1. The van der Waals surface area contributed by atoms with Crippen LogP contribution in [0, 0.1) is 0 Å². The van der Waals surface area contributed by atoms with Crippen molar-refractivity contribution in [2.24, 2.45) is 0 Å². The molecule has 0 radical (unpaired) electrons. The summed E-state index contributed by atoms with van der Waals surface area (Å²) >= 11 is 1.44. The lowest BCUT2D eigenvalue weighted by Crippen LogP contribution is -2.33. The number of hydrogen-bond acceptors (Lipinski definition) is 7. The lowest BCUT2D eigenvalue weighted by molar-refractivity contribution is -0.118. The van der Waals surface area contributed by atoms with Gasteiger partial charge in [0.2, 0.25) is 5.91 Å². The van der Waals surface area contributed by atoms with Crippen molar-refractivity contribution in [3.8, 4) is 5.75 Å². The van der Waals surface area contributed by atoms with Crippen molar-refractivity contribution in [1.29, 1.82) is 0 Å². The molecular formula is C23H29N3O4S2. The fourth-order valence-electron chi connectivity index (χ4n) is 3.36. The molecule has 7 nitrogen and oxygen atoms in total. The molecule has 1 heterocycles. The number of sulfone groups is 1. The molecule has 0 atom stereocenters. The molecule has 0 spiro atoms.